The number of anilines is 1. The van der Waals surface area contributed by atoms with Crippen LogP contribution in [0.15, 0.2) is 51.8 Å². The highest BCUT2D eigenvalue weighted by Crippen LogP contribution is 2.26. The summed E-state index contributed by atoms with van der Waals surface area (Å²) >= 11 is 8.77. The summed E-state index contributed by atoms with van der Waals surface area (Å²) in [6.07, 6.45) is 1.65. The second-order valence-electron chi connectivity index (χ2n) is 4.67. The summed E-state index contributed by atoms with van der Waals surface area (Å²) in [5.74, 6) is 0.124. The molecule has 1 N–H and O–H groups in total. The van der Waals surface area contributed by atoms with Crippen LogP contribution < -0.4 is 4.72 Å². The van der Waals surface area contributed by atoms with Gasteiger partial charge in [0.1, 0.15) is 5.82 Å². The Balaban J connectivity index is 2.19. The van der Waals surface area contributed by atoms with E-state index in [2.05, 4.69) is 20.7 Å². The zero-order valence-corrected chi connectivity index (χ0v) is 14.7. The van der Waals surface area contributed by atoms with E-state index in [1.807, 2.05) is 0 Å². The fourth-order valence-corrected chi connectivity index (χ4v) is 3.68. The maximum absolute atomic E-state index is 13.0. The molecule has 0 saturated heterocycles. The lowest BCUT2D eigenvalue weighted by atomic mass is 10.1. The minimum atomic E-state index is -3.71. The highest BCUT2D eigenvalue weighted by molar-refractivity contribution is 9.10. The molecule has 2 aromatic rings. The SMILES string of the molecule is O=S(=O)(Nc1ccc(F)cc1Br)c1ccc(CCCCl)cc1. The highest BCUT2D eigenvalue weighted by Gasteiger charge is 2.15. The molecule has 0 saturated carbocycles. The van der Waals surface area contributed by atoms with Crippen molar-refractivity contribution in [2.24, 2.45) is 0 Å². The first-order valence-corrected chi connectivity index (χ1v) is 9.36. The van der Waals surface area contributed by atoms with E-state index >= 15 is 0 Å². The smallest absolute Gasteiger partial charge is 0.261 e. The highest BCUT2D eigenvalue weighted by atomic mass is 79.9. The Morgan fingerprint density at radius 2 is 1.82 bits per heavy atom. The molecule has 7 heteroatoms. The predicted octanol–water partition coefficient (Wildman–Crippen LogP) is 4.56. The molecule has 0 aromatic heterocycles. The van der Waals surface area contributed by atoms with Crippen LogP contribution in [-0.4, -0.2) is 14.3 Å². The molecule has 0 atom stereocenters. The predicted molar refractivity (Wildman–Crippen MR) is 90.4 cm³/mol. The minimum absolute atomic E-state index is 0.151. The lowest BCUT2D eigenvalue weighted by molar-refractivity contribution is 0.601. The lowest BCUT2D eigenvalue weighted by Gasteiger charge is -2.10. The maximum atomic E-state index is 13.0. The second-order valence-corrected chi connectivity index (χ2v) is 7.58. The monoisotopic (exact) mass is 405 g/mol. The Bertz CT molecular complexity index is 751. The topological polar surface area (TPSA) is 46.2 Å². The molecule has 0 fully saturated rings. The Morgan fingerprint density at radius 1 is 1.14 bits per heavy atom. The van der Waals surface area contributed by atoms with Gasteiger partial charge in [0.05, 0.1) is 10.6 Å². The van der Waals surface area contributed by atoms with Gasteiger partial charge in [0, 0.05) is 10.4 Å². The number of hydrogen-bond acceptors (Lipinski definition) is 2. The molecule has 0 bridgehead atoms. The van der Waals surface area contributed by atoms with Crippen molar-refractivity contribution in [3.63, 3.8) is 0 Å². The largest absolute Gasteiger partial charge is 0.278 e. The molecule has 0 aliphatic rings. The van der Waals surface area contributed by atoms with E-state index in [9.17, 15) is 12.8 Å². The minimum Gasteiger partial charge on any atom is -0.278 e. The van der Waals surface area contributed by atoms with Gasteiger partial charge in [-0.3, -0.25) is 4.72 Å². The molecule has 0 radical (unpaired) electrons. The zero-order valence-electron chi connectivity index (χ0n) is 11.5. The van der Waals surface area contributed by atoms with E-state index in [0.717, 1.165) is 18.4 Å². The van der Waals surface area contributed by atoms with E-state index in [0.29, 0.717) is 10.4 Å². The van der Waals surface area contributed by atoms with Crippen LogP contribution in [0, 0.1) is 5.82 Å². The molecular formula is C15H14BrClFNO2S. The van der Waals surface area contributed by atoms with E-state index in [4.69, 9.17) is 11.6 Å². The number of hydrogen-bond donors (Lipinski definition) is 1. The van der Waals surface area contributed by atoms with Gasteiger partial charge < -0.3 is 0 Å². The van der Waals surface area contributed by atoms with Crippen LogP contribution in [0.25, 0.3) is 0 Å². The summed E-state index contributed by atoms with van der Waals surface area (Å²) < 4.78 is 40.4. The average Bonchev–Trinajstić information content (AvgIpc) is 2.48. The Kier molecular flexibility index (Phi) is 5.83. The first kappa shape index (κ1) is 17.2. The van der Waals surface area contributed by atoms with Crippen LogP contribution in [-0.2, 0) is 16.4 Å². The third kappa shape index (κ3) is 4.44. The van der Waals surface area contributed by atoms with E-state index < -0.39 is 15.8 Å². The summed E-state index contributed by atoms with van der Waals surface area (Å²) in [6, 6.07) is 10.4. The third-order valence-corrected chi connectivity index (χ3v) is 5.31. The van der Waals surface area contributed by atoms with Gasteiger partial charge >= 0.3 is 0 Å². The van der Waals surface area contributed by atoms with Gasteiger partial charge in [-0.1, -0.05) is 12.1 Å². The van der Waals surface area contributed by atoms with Gasteiger partial charge in [-0.2, -0.15) is 0 Å². The molecule has 2 aromatic carbocycles. The van der Waals surface area contributed by atoms with Crippen molar-refractivity contribution < 1.29 is 12.8 Å². The number of rotatable bonds is 6. The summed E-state index contributed by atoms with van der Waals surface area (Å²) in [6.45, 7) is 0. The maximum Gasteiger partial charge on any atom is 0.261 e. The van der Waals surface area contributed by atoms with Crippen molar-refractivity contribution in [3.05, 3.63) is 58.3 Å². The van der Waals surface area contributed by atoms with Crippen molar-refractivity contribution >= 4 is 43.2 Å². The van der Waals surface area contributed by atoms with Gasteiger partial charge in [0.25, 0.3) is 10.0 Å². The van der Waals surface area contributed by atoms with E-state index in [1.165, 1.54) is 18.2 Å². The number of halogens is 3. The van der Waals surface area contributed by atoms with Crippen molar-refractivity contribution in [1.29, 1.82) is 0 Å². The Labute approximate surface area is 142 Å². The van der Waals surface area contributed by atoms with Crippen molar-refractivity contribution in [2.45, 2.75) is 17.7 Å². The zero-order chi connectivity index (χ0) is 16.2. The lowest BCUT2D eigenvalue weighted by Crippen LogP contribution is -2.13. The molecule has 118 valence electrons. The quantitative estimate of drug-likeness (QED) is 0.715. The fraction of sp³-hybridized carbons (Fsp3) is 0.200. The van der Waals surface area contributed by atoms with Crippen LogP contribution >= 0.6 is 27.5 Å². The number of benzene rings is 2. The molecule has 0 aliphatic heterocycles. The summed E-state index contributed by atoms with van der Waals surface area (Å²) in [5.41, 5.74) is 1.31. The number of alkyl halides is 1. The molecule has 2 rings (SSSR count). The number of nitrogens with one attached hydrogen (secondary N) is 1. The van der Waals surface area contributed by atoms with E-state index in [1.54, 1.807) is 24.3 Å². The van der Waals surface area contributed by atoms with Gasteiger partial charge in [0.15, 0.2) is 0 Å². The van der Waals surface area contributed by atoms with Crippen LogP contribution in [0.3, 0.4) is 0 Å². The van der Waals surface area contributed by atoms with Gasteiger partial charge in [-0.25, -0.2) is 12.8 Å². The van der Waals surface area contributed by atoms with Crippen LogP contribution in [0.2, 0.25) is 0 Å². The summed E-state index contributed by atoms with van der Waals surface area (Å²) in [5, 5.41) is 0. The van der Waals surface area contributed by atoms with Gasteiger partial charge in [-0.05, 0) is 64.7 Å². The van der Waals surface area contributed by atoms with Crippen LogP contribution in [0.5, 0.6) is 0 Å². The standard InChI is InChI=1S/C15H14BrClFNO2S/c16-14-10-12(18)5-8-15(14)19-22(20,21)13-6-3-11(4-7-13)2-1-9-17/h3-8,10,19H,1-2,9H2. The van der Waals surface area contributed by atoms with Crippen LogP contribution in [0.4, 0.5) is 10.1 Å². The van der Waals surface area contributed by atoms with Gasteiger partial charge in [0.2, 0.25) is 0 Å². The molecule has 0 heterocycles. The molecule has 0 spiro atoms. The van der Waals surface area contributed by atoms with Crippen LogP contribution in [0.1, 0.15) is 12.0 Å². The first-order chi connectivity index (χ1) is 10.4. The Hall–Kier alpha value is -1.11. The molecule has 0 unspecified atom stereocenters. The normalized spacial score (nSPS) is 11.4. The summed E-state index contributed by atoms with van der Waals surface area (Å²) in [4.78, 5) is 0.151. The molecule has 0 aliphatic carbocycles. The molecule has 22 heavy (non-hydrogen) atoms. The molecular weight excluding hydrogens is 393 g/mol. The molecule has 3 nitrogen and oxygen atoms in total. The second kappa shape index (κ2) is 7.44. The number of sulfonamides is 1. The third-order valence-electron chi connectivity index (χ3n) is 3.01. The van der Waals surface area contributed by atoms with Crippen molar-refractivity contribution in [3.8, 4) is 0 Å². The fourth-order valence-electron chi connectivity index (χ4n) is 1.88. The van der Waals surface area contributed by atoms with E-state index in [-0.39, 0.29) is 10.6 Å². The van der Waals surface area contributed by atoms with Crippen molar-refractivity contribution in [1.82, 2.24) is 0 Å². The average molecular weight is 407 g/mol. The first-order valence-electron chi connectivity index (χ1n) is 6.55. The summed E-state index contributed by atoms with van der Waals surface area (Å²) in [7, 11) is -3.71. The van der Waals surface area contributed by atoms with Gasteiger partial charge in [-0.15, -0.1) is 11.6 Å². The van der Waals surface area contributed by atoms with Crippen molar-refractivity contribution in [2.75, 3.05) is 10.6 Å². The molecule has 0 amide bonds. The Morgan fingerprint density at radius 3 is 2.41 bits per heavy atom. The number of aryl methyl sites for hydroxylation is 1.